The summed E-state index contributed by atoms with van der Waals surface area (Å²) in [5, 5.41) is 3.67. The molecule has 96 valence electrons. The molecule has 1 aromatic heterocycles. The van der Waals surface area contributed by atoms with Gasteiger partial charge < -0.3 is 10.1 Å². The van der Waals surface area contributed by atoms with Crippen LogP contribution < -0.4 is 5.32 Å². The molecule has 0 aliphatic heterocycles. The van der Waals surface area contributed by atoms with Crippen LogP contribution in [0.1, 0.15) is 42.7 Å². The number of aryl methyl sites for hydroxylation is 1. The molecule has 0 aromatic carbocycles. The van der Waals surface area contributed by atoms with Gasteiger partial charge in [0.05, 0.1) is 2.88 Å². The molecule has 0 spiro atoms. The number of ether oxygens (including phenoxy) is 1. The summed E-state index contributed by atoms with van der Waals surface area (Å²) in [6.45, 7) is 4.82. The highest BCUT2D eigenvalue weighted by molar-refractivity contribution is 14.1. The van der Waals surface area contributed by atoms with Crippen LogP contribution >= 0.6 is 33.9 Å². The Labute approximate surface area is 121 Å². The molecule has 1 N–H and O–H groups in total. The highest BCUT2D eigenvalue weighted by Gasteiger charge is 2.21. The van der Waals surface area contributed by atoms with E-state index in [-0.39, 0.29) is 0 Å². The maximum atomic E-state index is 5.36. The van der Waals surface area contributed by atoms with Gasteiger partial charge in [-0.3, -0.25) is 0 Å². The molecule has 17 heavy (non-hydrogen) atoms. The molecule has 1 aliphatic carbocycles. The van der Waals surface area contributed by atoms with Crippen LogP contribution in [0.25, 0.3) is 0 Å². The molecule has 2 rings (SSSR count). The molecule has 4 heteroatoms. The zero-order valence-corrected chi connectivity index (χ0v) is 13.3. The van der Waals surface area contributed by atoms with E-state index < -0.39 is 0 Å². The number of thiophene rings is 1. The van der Waals surface area contributed by atoms with Crippen LogP contribution in [-0.2, 0) is 11.2 Å². The van der Waals surface area contributed by atoms with Crippen molar-refractivity contribution >= 4 is 33.9 Å². The van der Waals surface area contributed by atoms with E-state index in [9.17, 15) is 0 Å². The van der Waals surface area contributed by atoms with Crippen molar-refractivity contribution in [1.82, 2.24) is 5.32 Å². The Kier molecular flexibility index (Phi) is 5.72. The fourth-order valence-corrected chi connectivity index (χ4v) is 4.45. The number of hydrogen-bond acceptors (Lipinski definition) is 3. The summed E-state index contributed by atoms with van der Waals surface area (Å²) in [5.41, 5.74) is 1.56. The first-order chi connectivity index (χ1) is 8.31. The monoisotopic (exact) mass is 365 g/mol. The maximum absolute atomic E-state index is 5.36. The van der Waals surface area contributed by atoms with Crippen LogP contribution in [0.4, 0.5) is 0 Å². The molecule has 1 unspecified atom stereocenters. The van der Waals surface area contributed by atoms with Crippen LogP contribution in [0.2, 0.25) is 0 Å². The lowest BCUT2D eigenvalue weighted by Crippen LogP contribution is -2.25. The van der Waals surface area contributed by atoms with Gasteiger partial charge in [-0.2, -0.15) is 0 Å². The predicted molar refractivity (Wildman–Crippen MR) is 81.8 cm³/mol. The van der Waals surface area contributed by atoms with Crippen LogP contribution in [0.3, 0.4) is 0 Å². The number of hydrogen-bond donors (Lipinski definition) is 1. The van der Waals surface area contributed by atoms with Gasteiger partial charge in [0.25, 0.3) is 0 Å². The molecular formula is C13H20INOS. The molecule has 0 radical (unpaired) electrons. The summed E-state index contributed by atoms with van der Waals surface area (Å²) >= 11 is 4.40. The van der Waals surface area contributed by atoms with Crippen molar-refractivity contribution in [3.63, 3.8) is 0 Å². The lowest BCUT2D eigenvalue weighted by molar-refractivity contribution is 0.144. The third kappa shape index (κ3) is 3.91. The Hall–Kier alpha value is 0.350. The second kappa shape index (κ2) is 7.07. The highest BCUT2D eigenvalue weighted by Crippen LogP contribution is 2.36. The van der Waals surface area contributed by atoms with E-state index in [1.807, 2.05) is 18.3 Å². The van der Waals surface area contributed by atoms with E-state index in [0.717, 1.165) is 26.2 Å². The second-order valence-electron chi connectivity index (χ2n) is 4.38. The minimum atomic E-state index is 0.583. The van der Waals surface area contributed by atoms with Gasteiger partial charge >= 0.3 is 0 Å². The van der Waals surface area contributed by atoms with E-state index in [1.165, 1.54) is 22.1 Å². The van der Waals surface area contributed by atoms with Crippen molar-refractivity contribution in [2.75, 3.05) is 19.8 Å². The van der Waals surface area contributed by atoms with Crippen molar-refractivity contribution in [2.45, 2.75) is 38.6 Å². The van der Waals surface area contributed by atoms with E-state index >= 15 is 0 Å². The summed E-state index contributed by atoms with van der Waals surface area (Å²) in [7, 11) is 0. The molecule has 1 atom stereocenters. The van der Waals surface area contributed by atoms with Gasteiger partial charge in [0.2, 0.25) is 0 Å². The normalized spacial score (nSPS) is 19.3. The molecule has 0 amide bonds. The van der Waals surface area contributed by atoms with Crippen molar-refractivity contribution in [3.05, 3.63) is 19.4 Å². The number of rotatable bonds is 6. The molecular weight excluding hydrogens is 345 g/mol. The van der Waals surface area contributed by atoms with Crippen LogP contribution in [0, 0.1) is 2.88 Å². The van der Waals surface area contributed by atoms with E-state index in [4.69, 9.17) is 4.74 Å². The number of fused-ring (bicyclic) bond motifs is 1. The maximum Gasteiger partial charge on any atom is 0.0659 e. The summed E-state index contributed by atoms with van der Waals surface area (Å²) in [4.78, 5) is 1.60. The lowest BCUT2D eigenvalue weighted by atomic mass is 9.94. The quantitative estimate of drug-likeness (QED) is 0.613. The molecule has 1 aliphatic rings. The van der Waals surface area contributed by atoms with Crippen LogP contribution in [0.5, 0.6) is 0 Å². The summed E-state index contributed by atoms with van der Waals surface area (Å²) in [5.74, 6) is 0. The van der Waals surface area contributed by atoms with E-state index in [0.29, 0.717) is 6.04 Å². The standard InChI is InChI=1S/C13H20INOS/c1-2-16-8-4-7-15-11-5-3-6-12-10(11)9-13(14)17-12/h9,11,15H,2-8H2,1H3. The first-order valence-electron chi connectivity index (χ1n) is 6.40. The Morgan fingerprint density at radius 2 is 2.47 bits per heavy atom. The lowest BCUT2D eigenvalue weighted by Gasteiger charge is -2.23. The Morgan fingerprint density at radius 1 is 1.59 bits per heavy atom. The molecule has 1 aromatic rings. The molecule has 0 bridgehead atoms. The fourth-order valence-electron chi connectivity index (χ4n) is 2.33. The third-order valence-electron chi connectivity index (χ3n) is 3.14. The highest BCUT2D eigenvalue weighted by atomic mass is 127. The van der Waals surface area contributed by atoms with Crippen LogP contribution in [-0.4, -0.2) is 19.8 Å². The minimum Gasteiger partial charge on any atom is -0.382 e. The smallest absolute Gasteiger partial charge is 0.0659 e. The Balaban J connectivity index is 1.82. The predicted octanol–water partition coefficient (Wildman–Crippen LogP) is 3.75. The first kappa shape index (κ1) is 13.8. The van der Waals surface area contributed by atoms with Gasteiger partial charge in [-0.05, 0) is 73.4 Å². The van der Waals surface area contributed by atoms with Gasteiger partial charge in [0, 0.05) is 24.1 Å². The molecule has 0 saturated heterocycles. The van der Waals surface area contributed by atoms with E-state index in [1.54, 1.807) is 10.4 Å². The minimum absolute atomic E-state index is 0.583. The summed E-state index contributed by atoms with van der Waals surface area (Å²) in [6, 6.07) is 2.94. The molecule has 0 saturated carbocycles. The first-order valence-corrected chi connectivity index (χ1v) is 8.30. The largest absolute Gasteiger partial charge is 0.382 e. The van der Waals surface area contributed by atoms with Gasteiger partial charge in [0.1, 0.15) is 0 Å². The Bertz CT molecular complexity index is 353. The average molecular weight is 365 g/mol. The number of nitrogens with one attached hydrogen (secondary N) is 1. The zero-order chi connectivity index (χ0) is 12.1. The van der Waals surface area contributed by atoms with Gasteiger partial charge in [-0.25, -0.2) is 0 Å². The topological polar surface area (TPSA) is 21.3 Å². The van der Waals surface area contributed by atoms with Crippen molar-refractivity contribution in [3.8, 4) is 0 Å². The SMILES string of the molecule is CCOCCCNC1CCCc2sc(I)cc21. The van der Waals surface area contributed by atoms with Crippen molar-refractivity contribution in [2.24, 2.45) is 0 Å². The zero-order valence-electron chi connectivity index (χ0n) is 10.3. The van der Waals surface area contributed by atoms with Gasteiger partial charge in [-0.1, -0.05) is 0 Å². The van der Waals surface area contributed by atoms with Crippen LogP contribution in [0.15, 0.2) is 6.07 Å². The molecule has 0 fully saturated rings. The average Bonchev–Trinajstić information content (AvgIpc) is 2.70. The summed E-state index contributed by atoms with van der Waals surface area (Å²) < 4.78 is 6.78. The second-order valence-corrected chi connectivity index (χ2v) is 7.41. The Morgan fingerprint density at radius 3 is 3.29 bits per heavy atom. The van der Waals surface area contributed by atoms with Gasteiger partial charge in [-0.15, -0.1) is 11.3 Å². The molecule has 1 heterocycles. The van der Waals surface area contributed by atoms with Crippen molar-refractivity contribution < 1.29 is 4.74 Å². The number of halogens is 1. The third-order valence-corrected chi connectivity index (χ3v) is 5.12. The molecule has 2 nitrogen and oxygen atoms in total. The van der Waals surface area contributed by atoms with Crippen molar-refractivity contribution in [1.29, 1.82) is 0 Å². The summed E-state index contributed by atoms with van der Waals surface area (Å²) in [6.07, 6.45) is 5.00. The van der Waals surface area contributed by atoms with Gasteiger partial charge in [0.15, 0.2) is 0 Å². The fraction of sp³-hybridized carbons (Fsp3) is 0.692. The van der Waals surface area contributed by atoms with E-state index in [2.05, 4.69) is 34.0 Å².